The Morgan fingerprint density at radius 1 is 1.35 bits per heavy atom. The Bertz CT molecular complexity index is 549. The van der Waals surface area contributed by atoms with Gasteiger partial charge in [0, 0.05) is 13.6 Å². The molecule has 1 fully saturated rings. The lowest BCUT2D eigenvalue weighted by Gasteiger charge is -2.26. The van der Waals surface area contributed by atoms with Crippen molar-refractivity contribution in [3.05, 3.63) is 10.9 Å². The third-order valence-electron chi connectivity index (χ3n) is 2.80. The number of anilines is 1. The van der Waals surface area contributed by atoms with E-state index in [1.165, 1.54) is 0 Å². The van der Waals surface area contributed by atoms with E-state index in [9.17, 15) is 0 Å². The lowest BCUT2D eigenvalue weighted by Crippen LogP contribution is -2.30. The predicted molar refractivity (Wildman–Crippen MR) is 66.5 cm³/mol. The van der Waals surface area contributed by atoms with Crippen molar-refractivity contribution >= 4 is 32.8 Å². The highest BCUT2D eigenvalue weighted by atomic mass is 79.9. The fourth-order valence-corrected chi connectivity index (χ4v) is 2.57. The van der Waals surface area contributed by atoms with Gasteiger partial charge in [-0.2, -0.15) is 5.10 Å². The van der Waals surface area contributed by atoms with Crippen molar-refractivity contribution in [3.63, 3.8) is 0 Å². The van der Waals surface area contributed by atoms with Gasteiger partial charge in [0.05, 0.1) is 12.0 Å². The first-order valence-electron chi connectivity index (χ1n) is 5.51. The van der Waals surface area contributed by atoms with Crippen LogP contribution < -0.4 is 5.06 Å². The molecule has 1 aliphatic rings. The molecule has 0 N–H and O–H groups in total. The van der Waals surface area contributed by atoms with Gasteiger partial charge in [-0.3, -0.25) is 4.84 Å². The minimum atomic E-state index is 0.739. The van der Waals surface area contributed by atoms with E-state index in [2.05, 4.69) is 31.0 Å². The molecule has 0 aliphatic carbocycles. The third kappa shape index (κ3) is 1.79. The number of hydrogen-bond acceptors (Lipinski definition) is 5. The molecular weight excluding hydrogens is 286 g/mol. The lowest BCUT2D eigenvalue weighted by molar-refractivity contribution is 0.0767. The zero-order valence-corrected chi connectivity index (χ0v) is 11.0. The summed E-state index contributed by atoms with van der Waals surface area (Å²) >= 11 is 3.44. The number of rotatable bonds is 1. The molecule has 3 heterocycles. The molecule has 90 valence electrons. The van der Waals surface area contributed by atoms with Gasteiger partial charge >= 0.3 is 0 Å². The molecule has 2 aromatic rings. The lowest BCUT2D eigenvalue weighted by atomic mass is 10.3. The van der Waals surface area contributed by atoms with Gasteiger partial charge in [-0.15, -0.1) is 0 Å². The highest BCUT2D eigenvalue weighted by Gasteiger charge is 2.20. The number of halogens is 1. The largest absolute Gasteiger partial charge is 0.272 e. The van der Waals surface area contributed by atoms with Gasteiger partial charge in [-0.25, -0.2) is 19.7 Å². The molecule has 0 aromatic carbocycles. The second kappa shape index (κ2) is 4.23. The van der Waals surface area contributed by atoms with E-state index in [4.69, 9.17) is 4.84 Å². The summed E-state index contributed by atoms with van der Waals surface area (Å²) in [5, 5.41) is 7.03. The number of nitrogens with zero attached hydrogens (tertiary/aromatic N) is 5. The molecule has 7 heteroatoms. The molecule has 0 spiro atoms. The molecule has 0 atom stereocenters. The number of aryl methyl sites for hydroxylation is 1. The summed E-state index contributed by atoms with van der Waals surface area (Å²) in [4.78, 5) is 14.2. The Morgan fingerprint density at radius 2 is 2.24 bits per heavy atom. The van der Waals surface area contributed by atoms with Crippen LogP contribution in [-0.4, -0.2) is 32.9 Å². The van der Waals surface area contributed by atoms with Gasteiger partial charge in [-0.1, -0.05) is 0 Å². The molecular formula is C10H12BrN5O. The van der Waals surface area contributed by atoms with Gasteiger partial charge < -0.3 is 0 Å². The summed E-state index contributed by atoms with van der Waals surface area (Å²) in [6.45, 7) is 1.59. The van der Waals surface area contributed by atoms with Crippen molar-refractivity contribution in [1.29, 1.82) is 0 Å². The quantitative estimate of drug-likeness (QED) is 0.801. The third-order valence-corrected chi connectivity index (χ3v) is 3.35. The summed E-state index contributed by atoms with van der Waals surface area (Å²) in [6, 6.07) is 0. The summed E-state index contributed by atoms with van der Waals surface area (Å²) in [5.74, 6) is 0.787. The SMILES string of the molecule is Cn1nc(Br)c2c(N3CCCCO3)ncnc21. The van der Waals surface area contributed by atoms with Crippen LogP contribution in [0.5, 0.6) is 0 Å². The van der Waals surface area contributed by atoms with Crippen LogP contribution >= 0.6 is 15.9 Å². The Kier molecular flexibility index (Phi) is 2.71. The number of hydroxylamine groups is 1. The Balaban J connectivity index is 2.15. The van der Waals surface area contributed by atoms with Crippen molar-refractivity contribution in [3.8, 4) is 0 Å². The van der Waals surface area contributed by atoms with Crippen LogP contribution in [0, 0.1) is 0 Å². The van der Waals surface area contributed by atoms with Crippen LogP contribution in [0.4, 0.5) is 5.82 Å². The number of fused-ring (bicyclic) bond motifs is 1. The second-order valence-corrected chi connectivity index (χ2v) is 4.70. The monoisotopic (exact) mass is 297 g/mol. The maximum absolute atomic E-state index is 5.62. The summed E-state index contributed by atoms with van der Waals surface area (Å²) in [6.07, 6.45) is 3.76. The first-order chi connectivity index (χ1) is 8.27. The molecule has 0 saturated carbocycles. The number of hydrogen-bond donors (Lipinski definition) is 0. The van der Waals surface area contributed by atoms with E-state index in [1.54, 1.807) is 11.0 Å². The van der Waals surface area contributed by atoms with Crippen LogP contribution in [-0.2, 0) is 11.9 Å². The van der Waals surface area contributed by atoms with Crippen LogP contribution in [0.25, 0.3) is 11.0 Å². The van der Waals surface area contributed by atoms with E-state index >= 15 is 0 Å². The molecule has 1 aliphatic heterocycles. The molecule has 3 rings (SSSR count). The molecule has 2 aromatic heterocycles. The average Bonchev–Trinajstić information content (AvgIpc) is 2.66. The van der Waals surface area contributed by atoms with E-state index in [1.807, 2.05) is 12.1 Å². The van der Waals surface area contributed by atoms with Crippen molar-refractivity contribution in [1.82, 2.24) is 19.7 Å². The van der Waals surface area contributed by atoms with Crippen LogP contribution in [0.3, 0.4) is 0 Å². The van der Waals surface area contributed by atoms with Crippen molar-refractivity contribution < 1.29 is 4.84 Å². The molecule has 6 nitrogen and oxygen atoms in total. The Hall–Kier alpha value is -1.21. The molecule has 0 amide bonds. The van der Waals surface area contributed by atoms with Gasteiger partial charge in [0.2, 0.25) is 0 Å². The average molecular weight is 298 g/mol. The van der Waals surface area contributed by atoms with Crippen molar-refractivity contribution in [2.45, 2.75) is 12.8 Å². The Labute approximate surface area is 107 Å². The van der Waals surface area contributed by atoms with Gasteiger partial charge in [0.25, 0.3) is 0 Å². The summed E-state index contributed by atoms with van der Waals surface area (Å²) in [7, 11) is 1.86. The summed E-state index contributed by atoms with van der Waals surface area (Å²) in [5.41, 5.74) is 0.802. The maximum Gasteiger partial charge on any atom is 0.168 e. The van der Waals surface area contributed by atoms with E-state index in [0.717, 1.165) is 47.4 Å². The summed E-state index contributed by atoms with van der Waals surface area (Å²) < 4.78 is 2.48. The van der Waals surface area contributed by atoms with Crippen LogP contribution in [0.2, 0.25) is 0 Å². The minimum Gasteiger partial charge on any atom is -0.272 e. The van der Waals surface area contributed by atoms with E-state index in [-0.39, 0.29) is 0 Å². The maximum atomic E-state index is 5.62. The normalized spacial score (nSPS) is 16.7. The van der Waals surface area contributed by atoms with E-state index < -0.39 is 0 Å². The van der Waals surface area contributed by atoms with Gasteiger partial charge in [-0.05, 0) is 28.8 Å². The topological polar surface area (TPSA) is 56.1 Å². The van der Waals surface area contributed by atoms with Gasteiger partial charge in [0.15, 0.2) is 11.5 Å². The molecule has 0 bridgehead atoms. The molecule has 0 unspecified atom stereocenters. The van der Waals surface area contributed by atoms with E-state index in [0.29, 0.717) is 0 Å². The highest BCUT2D eigenvalue weighted by molar-refractivity contribution is 9.10. The zero-order chi connectivity index (χ0) is 11.8. The predicted octanol–water partition coefficient (Wildman–Crippen LogP) is 1.66. The minimum absolute atomic E-state index is 0.739. The molecule has 0 radical (unpaired) electrons. The van der Waals surface area contributed by atoms with Crippen molar-refractivity contribution in [2.24, 2.45) is 7.05 Å². The fraction of sp³-hybridized carbons (Fsp3) is 0.500. The second-order valence-electron chi connectivity index (χ2n) is 3.95. The highest BCUT2D eigenvalue weighted by Crippen LogP contribution is 2.30. The Morgan fingerprint density at radius 3 is 3.00 bits per heavy atom. The smallest absolute Gasteiger partial charge is 0.168 e. The first kappa shape index (κ1) is 10.9. The first-order valence-corrected chi connectivity index (χ1v) is 6.30. The zero-order valence-electron chi connectivity index (χ0n) is 9.43. The molecule has 17 heavy (non-hydrogen) atoms. The van der Waals surface area contributed by atoms with Crippen LogP contribution in [0.15, 0.2) is 10.9 Å². The fourth-order valence-electron chi connectivity index (χ4n) is 1.98. The standard InChI is InChI=1S/C10H12BrN5O/c1-15-9-7(8(11)14-15)10(13-6-12-9)16-4-2-3-5-17-16/h6H,2-5H2,1H3. The van der Waals surface area contributed by atoms with Crippen molar-refractivity contribution in [2.75, 3.05) is 18.2 Å². The van der Waals surface area contributed by atoms with Gasteiger partial charge in [0.1, 0.15) is 10.9 Å². The number of aromatic nitrogens is 4. The molecule has 1 saturated heterocycles. The van der Waals surface area contributed by atoms with Crippen LogP contribution in [0.1, 0.15) is 12.8 Å².